The van der Waals surface area contributed by atoms with Gasteiger partial charge in [-0.15, -0.1) is 0 Å². The van der Waals surface area contributed by atoms with E-state index >= 15 is 0 Å². The van der Waals surface area contributed by atoms with Crippen LogP contribution in [0.25, 0.3) is 17.0 Å². The highest BCUT2D eigenvalue weighted by Crippen LogP contribution is 2.32. The van der Waals surface area contributed by atoms with Crippen LogP contribution in [-0.2, 0) is 17.6 Å². The minimum atomic E-state index is -0.539. The third-order valence-corrected chi connectivity index (χ3v) is 5.53. The Bertz CT molecular complexity index is 1060. The molecule has 5 nitrogen and oxygen atoms in total. The number of carbonyl (C=O) groups is 1. The standard InChI is InChI=1S/C23H24FN3O2/c24-18-6-9-22-20(13-18)17(14-26-22)2-1-11-25-21-8-5-16-12-15(3-7-19(16)21)4-10-23(28)27-29/h3-4,6-7,9-10,12-14,21,25-26,29H,1-2,5,8,11H2,(H,27,28)/b10-4+. The molecule has 1 amide bonds. The zero-order valence-corrected chi connectivity index (χ0v) is 16.0. The van der Waals surface area contributed by atoms with Crippen LogP contribution in [0.15, 0.2) is 48.7 Å². The molecule has 4 N–H and O–H groups in total. The van der Waals surface area contributed by atoms with E-state index in [9.17, 15) is 9.18 Å². The van der Waals surface area contributed by atoms with Gasteiger partial charge in [-0.3, -0.25) is 10.0 Å². The number of hydrogen-bond donors (Lipinski definition) is 4. The van der Waals surface area contributed by atoms with Gasteiger partial charge in [-0.2, -0.15) is 0 Å². The third-order valence-electron chi connectivity index (χ3n) is 5.53. The largest absolute Gasteiger partial charge is 0.361 e. The Hall–Kier alpha value is -2.96. The lowest BCUT2D eigenvalue weighted by atomic mass is 10.0. The zero-order valence-electron chi connectivity index (χ0n) is 16.0. The molecule has 1 heterocycles. The first-order chi connectivity index (χ1) is 14.1. The molecule has 1 aromatic heterocycles. The highest BCUT2D eigenvalue weighted by Gasteiger charge is 2.21. The molecule has 2 aromatic carbocycles. The van der Waals surface area contributed by atoms with Gasteiger partial charge in [0.1, 0.15) is 5.82 Å². The van der Waals surface area contributed by atoms with Crippen molar-refractivity contribution in [1.29, 1.82) is 0 Å². The SMILES string of the molecule is O=C(/C=C/c1ccc2c(c1)CCC2NCCCc1c[nH]c2ccc(F)cc12)NO. The molecule has 1 unspecified atom stereocenters. The fraction of sp³-hybridized carbons (Fsp3) is 0.261. The van der Waals surface area contributed by atoms with Crippen molar-refractivity contribution in [3.8, 4) is 0 Å². The fourth-order valence-corrected chi connectivity index (χ4v) is 4.07. The minimum Gasteiger partial charge on any atom is -0.361 e. The van der Waals surface area contributed by atoms with Crippen molar-refractivity contribution in [2.24, 2.45) is 0 Å². The number of amides is 1. The first kappa shape index (κ1) is 19.4. The number of H-pyrrole nitrogens is 1. The lowest BCUT2D eigenvalue weighted by Crippen LogP contribution is -2.20. The molecule has 1 aliphatic rings. The smallest absolute Gasteiger partial charge is 0.267 e. The quantitative estimate of drug-likeness (QED) is 0.212. The lowest BCUT2D eigenvalue weighted by Gasteiger charge is -2.14. The Kier molecular flexibility index (Phi) is 5.74. The van der Waals surface area contributed by atoms with Gasteiger partial charge in [-0.1, -0.05) is 18.2 Å². The van der Waals surface area contributed by atoms with E-state index in [-0.39, 0.29) is 5.82 Å². The summed E-state index contributed by atoms with van der Waals surface area (Å²) in [6.07, 6.45) is 8.90. The highest BCUT2D eigenvalue weighted by molar-refractivity contribution is 5.90. The van der Waals surface area contributed by atoms with Crippen LogP contribution in [-0.4, -0.2) is 22.6 Å². The molecule has 0 saturated carbocycles. The normalized spacial score (nSPS) is 15.9. The number of halogens is 1. The Labute approximate surface area is 168 Å². The van der Waals surface area contributed by atoms with Crippen molar-refractivity contribution in [2.75, 3.05) is 6.54 Å². The average molecular weight is 393 g/mol. The van der Waals surface area contributed by atoms with Crippen LogP contribution in [0, 0.1) is 5.82 Å². The number of benzene rings is 2. The minimum absolute atomic E-state index is 0.203. The van der Waals surface area contributed by atoms with E-state index in [4.69, 9.17) is 5.21 Å². The summed E-state index contributed by atoms with van der Waals surface area (Å²) in [6, 6.07) is 11.4. The summed E-state index contributed by atoms with van der Waals surface area (Å²) in [6.45, 7) is 0.893. The molecule has 3 aromatic rings. The predicted molar refractivity (Wildman–Crippen MR) is 111 cm³/mol. The molecular formula is C23H24FN3O2. The summed E-state index contributed by atoms with van der Waals surface area (Å²) in [7, 11) is 0. The van der Waals surface area contributed by atoms with Gasteiger partial charge in [0, 0.05) is 29.2 Å². The van der Waals surface area contributed by atoms with E-state index in [1.165, 1.54) is 23.3 Å². The van der Waals surface area contributed by atoms with Crippen molar-refractivity contribution in [3.63, 3.8) is 0 Å². The molecule has 0 radical (unpaired) electrons. The summed E-state index contributed by atoms with van der Waals surface area (Å²) in [5.74, 6) is -0.742. The number of hydroxylamine groups is 1. The molecule has 0 aliphatic heterocycles. The van der Waals surface area contributed by atoms with Crippen molar-refractivity contribution in [1.82, 2.24) is 15.8 Å². The van der Waals surface area contributed by atoms with Crippen LogP contribution in [0.2, 0.25) is 0 Å². The number of fused-ring (bicyclic) bond motifs is 2. The maximum Gasteiger partial charge on any atom is 0.267 e. The van der Waals surface area contributed by atoms with E-state index in [1.54, 1.807) is 23.7 Å². The molecule has 1 atom stereocenters. The van der Waals surface area contributed by atoms with Gasteiger partial charge in [0.15, 0.2) is 0 Å². The van der Waals surface area contributed by atoms with Crippen LogP contribution >= 0.6 is 0 Å². The van der Waals surface area contributed by atoms with Crippen molar-refractivity contribution >= 4 is 22.9 Å². The van der Waals surface area contributed by atoms with Crippen LogP contribution in [0.5, 0.6) is 0 Å². The fourth-order valence-electron chi connectivity index (χ4n) is 4.07. The van der Waals surface area contributed by atoms with Crippen molar-refractivity contribution in [2.45, 2.75) is 31.7 Å². The molecule has 1 aliphatic carbocycles. The summed E-state index contributed by atoms with van der Waals surface area (Å²) >= 11 is 0. The molecule has 0 bridgehead atoms. The molecule has 0 fully saturated rings. The van der Waals surface area contributed by atoms with E-state index in [0.29, 0.717) is 6.04 Å². The number of aryl methyl sites for hydroxylation is 2. The van der Waals surface area contributed by atoms with E-state index in [0.717, 1.165) is 54.3 Å². The third kappa shape index (κ3) is 4.39. The monoisotopic (exact) mass is 393 g/mol. The Morgan fingerprint density at radius 2 is 2.17 bits per heavy atom. The molecule has 0 spiro atoms. The molecule has 0 saturated heterocycles. The second-order valence-electron chi connectivity index (χ2n) is 7.42. The molecule has 150 valence electrons. The first-order valence-corrected chi connectivity index (χ1v) is 9.88. The number of aromatic nitrogens is 1. The van der Waals surface area contributed by atoms with Crippen molar-refractivity contribution < 1.29 is 14.4 Å². The Balaban J connectivity index is 1.32. The predicted octanol–water partition coefficient (Wildman–Crippen LogP) is 4.04. The molecule has 29 heavy (non-hydrogen) atoms. The number of aromatic amines is 1. The molecular weight excluding hydrogens is 369 g/mol. The average Bonchev–Trinajstić information content (AvgIpc) is 3.32. The number of rotatable bonds is 7. The van der Waals surface area contributed by atoms with Gasteiger partial charge in [-0.25, -0.2) is 9.87 Å². The summed E-state index contributed by atoms with van der Waals surface area (Å²) in [5.41, 5.74) is 7.26. The van der Waals surface area contributed by atoms with Gasteiger partial charge >= 0.3 is 0 Å². The van der Waals surface area contributed by atoms with Crippen LogP contribution in [0.3, 0.4) is 0 Å². The van der Waals surface area contributed by atoms with E-state index in [2.05, 4.69) is 22.4 Å². The summed E-state index contributed by atoms with van der Waals surface area (Å²) in [4.78, 5) is 14.3. The highest BCUT2D eigenvalue weighted by atomic mass is 19.1. The summed E-state index contributed by atoms with van der Waals surface area (Å²) < 4.78 is 13.5. The second kappa shape index (κ2) is 8.59. The summed E-state index contributed by atoms with van der Waals surface area (Å²) in [5, 5.41) is 13.2. The van der Waals surface area contributed by atoms with Crippen LogP contribution in [0.1, 0.15) is 41.1 Å². The van der Waals surface area contributed by atoms with Gasteiger partial charge in [0.2, 0.25) is 0 Å². The van der Waals surface area contributed by atoms with E-state index < -0.39 is 5.91 Å². The zero-order chi connectivity index (χ0) is 20.2. The maximum atomic E-state index is 13.5. The lowest BCUT2D eigenvalue weighted by molar-refractivity contribution is -0.124. The van der Waals surface area contributed by atoms with Crippen molar-refractivity contribution in [3.05, 3.63) is 76.7 Å². The van der Waals surface area contributed by atoms with Crippen LogP contribution in [0.4, 0.5) is 4.39 Å². The number of nitrogens with one attached hydrogen (secondary N) is 3. The van der Waals surface area contributed by atoms with E-state index in [1.807, 2.05) is 12.3 Å². The Morgan fingerprint density at radius 3 is 3.03 bits per heavy atom. The number of carbonyl (C=O) groups excluding carboxylic acids is 1. The number of hydrogen-bond acceptors (Lipinski definition) is 3. The van der Waals surface area contributed by atoms with Crippen LogP contribution < -0.4 is 10.8 Å². The van der Waals surface area contributed by atoms with Gasteiger partial charge in [0.25, 0.3) is 5.91 Å². The van der Waals surface area contributed by atoms with Gasteiger partial charge in [-0.05, 0) is 78.8 Å². The molecule has 6 heteroatoms. The second-order valence-corrected chi connectivity index (χ2v) is 7.42. The van der Waals surface area contributed by atoms with Gasteiger partial charge in [0.05, 0.1) is 0 Å². The van der Waals surface area contributed by atoms with Gasteiger partial charge < -0.3 is 10.3 Å². The molecule has 4 rings (SSSR count). The Morgan fingerprint density at radius 1 is 1.28 bits per heavy atom. The maximum absolute atomic E-state index is 13.5. The topological polar surface area (TPSA) is 77.2 Å². The first-order valence-electron chi connectivity index (χ1n) is 9.88.